The van der Waals surface area contributed by atoms with Crippen molar-refractivity contribution in [2.24, 2.45) is 11.3 Å². The van der Waals surface area contributed by atoms with Gasteiger partial charge in [-0.15, -0.1) is 0 Å². The van der Waals surface area contributed by atoms with E-state index in [2.05, 4.69) is 5.32 Å². The Labute approximate surface area is 170 Å². The number of nitrogens with one attached hydrogen (secondary N) is 1. The molecule has 7 heteroatoms. The van der Waals surface area contributed by atoms with Crippen molar-refractivity contribution in [3.05, 3.63) is 58.4 Å². The van der Waals surface area contributed by atoms with Gasteiger partial charge in [0.1, 0.15) is 0 Å². The Morgan fingerprint density at radius 3 is 2.14 bits per heavy atom. The molecule has 0 amide bonds. The smallest absolute Gasteiger partial charge is 0.339 e. The molecule has 0 bridgehead atoms. The van der Waals surface area contributed by atoms with Gasteiger partial charge in [0.15, 0.2) is 0 Å². The fourth-order valence-corrected chi connectivity index (χ4v) is 3.17. The maximum atomic E-state index is 12.8. The SMILES string of the molecule is CC1=C(C(=O)O)C(Cc2ccccc2)C(C(=O)OCOC(=O)C(C)(C)C)=C(C)N1. The van der Waals surface area contributed by atoms with Crippen molar-refractivity contribution in [1.29, 1.82) is 0 Å². The van der Waals surface area contributed by atoms with E-state index in [-0.39, 0.29) is 11.1 Å². The number of benzene rings is 1. The Morgan fingerprint density at radius 1 is 1.00 bits per heavy atom. The molecule has 29 heavy (non-hydrogen) atoms. The number of ether oxygens (including phenoxy) is 2. The summed E-state index contributed by atoms with van der Waals surface area (Å²) in [6.07, 6.45) is 0.324. The molecule has 1 aliphatic rings. The zero-order valence-electron chi connectivity index (χ0n) is 17.4. The maximum absolute atomic E-state index is 12.8. The van der Waals surface area contributed by atoms with E-state index in [1.165, 1.54) is 0 Å². The second-order valence-corrected chi connectivity index (χ2v) is 7.98. The molecule has 0 aromatic heterocycles. The number of hydrogen-bond acceptors (Lipinski definition) is 6. The van der Waals surface area contributed by atoms with Crippen molar-refractivity contribution < 1.29 is 29.0 Å². The third-order valence-corrected chi connectivity index (χ3v) is 4.61. The molecule has 1 aromatic rings. The standard InChI is InChI=1S/C22H27NO6/c1-13-17(19(24)25)16(11-15-9-7-6-8-10-15)18(14(2)23-13)20(26)28-12-29-21(27)22(3,4)5/h6-10,16,23H,11-12H2,1-5H3,(H,24,25). The molecule has 7 nitrogen and oxygen atoms in total. The van der Waals surface area contributed by atoms with E-state index in [0.717, 1.165) is 5.56 Å². The number of esters is 2. The first-order valence-electron chi connectivity index (χ1n) is 9.32. The highest BCUT2D eigenvalue weighted by Gasteiger charge is 2.36. The molecule has 156 valence electrons. The number of hydrogen-bond donors (Lipinski definition) is 2. The lowest BCUT2D eigenvalue weighted by molar-refractivity contribution is -0.171. The molecule has 2 rings (SSSR count). The van der Waals surface area contributed by atoms with Gasteiger partial charge in [-0.2, -0.15) is 0 Å². The summed E-state index contributed by atoms with van der Waals surface area (Å²) in [5.41, 5.74) is 1.48. The number of aliphatic carboxylic acids is 1. The summed E-state index contributed by atoms with van der Waals surface area (Å²) in [5, 5.41) is 12.7. The van der Waals surface area contributed by atoms with Crippen molar-refractivity contribution in [1.82, 2.24) is 5.32 Å². The van der Waals surface area contributed by atoms with Gasteiger partial charge in [0.2, 0.25) is 6.79 Å². The zero-order chi connectivity index (χ0) is 21.8. The van der Waals surface area contributed by atoms with Crippen molar-refractivity contribution in [2.45, 2.75) is 41.0 Å². The minimum absolute atomic E-state index is 0.109. The second kappa shape index (κ2) is 8.94. The minimum Gasteiger partial charge on any atom is -0.478 e. The van der Waals surface area contributed by atoms with Crippen molar-refractivity contribution >= 4 is 17.9 Å². The predicted octanol–water partition coefficient (Wildman–Crippen LogP) is 3.17. The number of rotatable bonds is 6. The normalized spacial score (nSPS) is 16.9. The molecule has 0 fully saturated rings. The van der Waals surface area contributed by atoms with Gasteiger partial charge in [0.25, 0.3) is 0 Å². The van der Waals surface area contributed by atoms with Gasteiger partial charge in [0.05, 0.1) is 16.6 Å². The lowest BCUT2D eigenvalue weighted by atomic mass is 9.81. The zero-order valence-corrected chi connectivity index (χ0v) is 17.4. The van der Waals surface area contributed by atoms with E-state index in [4.69, 9.17) is 9.47 Å². The molecule has 0 spiro atoms. The second-order valence-electron chi connectivity index (χ2n) is 7.98. The summed E-state index contributed by atoms with van der Waals surface area (Å²) >= 11 is 0. The van der Waals surface area contributed by atoms with E-state index in [1.54, 1.807) is 34.6 Å². The van der Waals surface area contributed by atoms with Gasteiger partial charge >= 0.3 is 17.9 Å². The Morgan fingerprint density at radius 2 is 1.59 bits per heavy atom. The predicted molar refractivity (Wildman–Crippen MR) is 106 cm³/mol. The van der Waals surface area contributed by atoms with E-state index < -0.39 is 36.0 Å². The summed E-state index contributed by atoms with van der Waals surface area (Å²) in [5.74, 6) is -3.01. The van der Waals surface area contributed by atoms with E-state index in [0.29, 0.717) is 17.8 Å². The third kappa shape index (κ3) is 5.47. The number of carboxylic acids is 1. The molecule has 0 radical (unpaired) electrons. The fraction of sp³-hybridized carbons (Fsp3) is 0.409. The number of dihydropyridines is 1. The topological polar surface area (TPSA) is 102 Å². The third-order valence-electron chi connectivity index (χ3n) is 4.61. The van der Waals surface area contributed by atoms with Crippen LogP contribution in [0.25, 0.3) is 0 Å². The highest BCUT2D eigenvalue weighted by molar-refractivity contribution is 5.97. The van der Waals surface area contributed by atoms with Crippen molar-refractivity contribution in [3.63, 3.8) is 0 Å². The van der Waals surface area contributed by atoms with Gasteiger partial charge in [-0.3, -0.25) is 4.79 Å². The Bertz CT molecular complexity index is 861. The number of carbonyl (C=O) groups excluding carboxylic acids is 2. The van der Waals surface area contributed by atoms with Crippen LogP contribution in [-0.4, -0.2) is 29.8 Å². The Hall–Kier alpha value is -3.09. The number of allylic oxidation sites excluding steroid dienone is 2. The fourth-order valence-electron chi connectivity index (χ4n) is 3.17. The quantitative estimate of drug-likeness (QED) is 0.557. The minimum atomic E-state index is -1.10. The average Bonchev–Trinajstić information content (AvgIpc) is 2.60. The van der Waals surface area contributed by atoms with Gasteiger partial charge in [0, 0.05) is 17.3 Å². The van der Waals surface area contributed by atoms with Crippen LogP contribution in [0.1, 0.15) is 40.2 Å². The summed E-state index contributed by atoms with van der Waals surface area (Å²) < 4.78 is 10.2. The van der Waals surface area contributed by atoms with Crippen LogP contribution in [0.3, 0.4) is 0 Å². The van der Waals surface area contributed by atoms with Crippen molar-refractivity contribution in [3.8, 4) is 0 Å². The number of carbonyl (C=O) groups is 3. The van der Waals surface area contributed by atoms with E-state index in [9.17, 15) is 19.5 Å². The molecular weight excluding hydrogens is 374 g/mol. The van der Waals surface area contributed by atoms with Gasteiger partial charge in [-0.25, -0.2) is 9.59 Å². The highest BCUT2D eigenvalue weighted by atomic mass is 16.7. The Kier molecular flexibility index (Phi) is 6.84. The maximum Gasteiger partial charge on any atom is 0.339 e. The molecular formula is C22H27NO6. The molecule has 0 aliphatic carbocycles. The molecule has 0 saturated heterocycles. The molecule has 1 aromatic carbocycles. The Balaban J connectivity index is 2.26. The monoisotopic (exact) mass is 401 g/mol. The van der Waals surface area contributed by atoms with Crippen LogP contribution in [0.2, 0.25) is 0 Å². The largest absolute Gasteiger partial charge is 0.478 e. The first kappa shape index (κ1) is 22.2. The first-order chi connectivity index (χ1) is 13.5. The van der Waals surface area contributed by atoms with Crippen LogP contribution in [0.15, 0.2) is 52.9 Å². The van der Waals surface area contributed by atoms with E-state index in [1.807, 2.05) is 30.3 Å². The molecule has 2 N–H and O–H groups in total. The van der Waals surface area contributed by atoms with Crippen LogP contribution in [0.5, 0.6) is 0 Å². The average molecular weight is 401 g/mol. The summed E-state index contributed by atoms with van der Waals surface area (Å²) in [6.45, 7) is 7.90. The number of carboxylic acid groups (broad SMARTS) is 1. The molecule has 0 saturated carbocycles. The molecule has 1 heterocycles. The van der Waals surface area contributed by atoms with Crippen LogP contribution in [0.4, 0.5) is 0 Å². The van der Waals surface area contributed by atoms with Crippen LogP contribution < -0.4 is 5.32 Å². The van der Waals surface area contributed by atoms with Crippen LogP contribution >= 0.6 is 0 Å². The molecule has 1 aliphatic heterocycles. The van der Waals surface area contributed by atoms with Crippen LogP contribution in [0, 0.1) is 11.3 Å². The summed E-state index contributed by atoms with van der Waals surface area (Å²) in [6, 6.07) is 9.33. The lowest BCUT2D eigenvalue weighted by Crippen LogP contribution is -2.34. The van der Waals surface area contributed by atoms with Gasteiger partial charge in [-0.05, 0) is 46.6 Å². The first-order valence-corrected chi connectivity index (χ1v) is 9.32. The molecule has 1 atom stereocenters. The highest BCUT2D eigenvalue weighted by Crippen LogP contribution is 2.33. The summed E-state index contributed by atoms with van der Waals surface area (Å²) in [7, 11) is 0. The van der Waals surface area contributed by atoms with Gasteiger partial charge in [-0.1, -0.05) is 30.3 Å². The van der Waals surface area contributed by atoms with Crippen LogP contribution in [-0.2, 0) is 30.3 Å². The lowest BCUT2D eigenvalue weighted by Gasteiger charge is -2.29. The van der Waals surface area contributed by atoms with E-state index >= 15 is 0 Å². The van der Waals surface area contributed by atoms with Crippen molar-refractivity contribution in [2.75, 3.05) is 6.79 Å². The molecule has 1 unspecified atom stereocenters. The van der Waals surface area contributed by atoms with Gasteiger partial charge < -0.3 is 19.9 Å². The summed E-state index contributed by atoms with van der Waals surface area (Å²) in [4.78, 5) is 36.6.